The van der Waals surface area contributed by atoms with Crippen molar-refractivity contribution < 1.29 is 14.3 Å². The van der Waals surface area contributed by atoms with E-state index < -0.39 is 0 Å². The summed E-state index contributed by atoms with van der Waals surface area (Å²) in [6.45, 7) is 19.9. The number of aliphatic hydroxyl groups is 1. The molecule has 1 aromatic heterocycles. The maximum absolute atomic E-state index is 14.7. The van der Waals surface area contributed by atoms with Gasteiger partial charge in [-0.15, -0.1) is 10.2 Å². The van der Waals surface area contributed by atoms with Gasteiger partial charge >= 0.3 is 0 Å². The van der Waals surface area contributed by atoms with Crippen LogP contribution in [-0.4, -0.2) is 33.9 Å². The number of fused-ring (bicyclic) bond motifs is 7. The minimum absolute atomic E-state index is 0.0482. The highest BCUT2D eigenvalue weighted by molar-refractivity contribution is 5.84. The molecule has 7 nitrogen and oxygen atoms in total. The highest BCUT2D eigenvalue weighted by atomic mass is 16.4. The molecule has 3 aromatic rings. The maximum atomic E-state index is 14.7. The minimum atomic E-state index is -0.343. The number of allylic oxidation sites excluding steroid dienone is 1. The fourth-order valence-corrected chi connectivity index (χ4v) is 14.2. The Hall–Kier alpha value is -3.76. The SMILES string of the molecule is C=C(C)[C@@H]1CC[C@]2(C(=O)NCCc3cccc(-c4nnc(Cc5cccc(C#N)c5)o4)c3)CC[C@]3(C)C(CCC4[C@@]5(C)CC[C@H](O)C(C)(C)C5CC[C@]43C)C12. The van der Waals surface area contributed by atoms with Crippen LogP contribution in [0.5, 0.6) is 0 Å². The van der Waals surface area contributed by atoms with Crippen molar-refractivity contribution in [2.24, 2.45) is 56.7 Å². The van der Waals surface area contributed by atoms with Gasteiger partial charge in [0.2, 0.25) is 17.7 Å². The third-order valence-corrected chi connectivity index (χ3v) is 17.2. The number of carbonyl (C=O) groups is 1. The van der Waals surface area contributed by atoms with Gasteiger partial charge in [0.25, 0.3) is 0 Å². The van der Waals surface area contributed by atoms with Crippen molar-refractivity contribution in [3.8, 4) is 17.5 Å². The first-order chi connectivity index (χ1) is 26.2. The molecule has 1 heterocycles. The summed E-state index contributed by atoms with van der Waals surface area (Å²) in [5.41, 5.74) is 5.04. The van der Waals surface area contributed by atoms with Crippen LogP contribution in [0.15, 0.2) is 65.1 Å². The molecule has 5 saturated carbocycles. The Morgan fingerprint density at radius 3 is 2.47 bits per heavy atom. The first kappa shape index (κ1) is 38.1. The van der Waals surface area contributed by atoms with Crippen LogP contribution in [0.1, 0.15) is 128 Å². The predicted molar refractivity (Wildman–Crippen MR) is 215 cm³/mol. The zero-order chi connectivity index (χ0) is 39.0. The normalized spacial score (nSPS) is 37.4. The Labute approximate surface area is 328 Å². The van der Waals surface area contributed by atoms with E-state index in [0.717, 1.165) is 61.6 Å². The van der Waals surface area contributed by atoms with Gasteiger partial charge in [-0.25, -0.2) is 0 Å². The van der Waals surface area contributed by atoms with Crippen LogP contribution in [-0.2, 0) is 17.6 Å². The molecule has 0 aliphatic heterocycles. The number of amides is 1. The number of carbonyl (C=O) groups excluding carboxylic acids is 1. The zero-order valence-electron chi connectivity index (χ0n) is 34.1. The molecule has 2 N–H and O–H groups in total. The second-order valence-electron chi connectivity index (χ2n) is 19.9. The standard InChI is InChI=1S/C48H62N4O3/c1-30(2)35-16-22-48(24-23-46(6)36(41(35)48)14-15-38-45(5)20-18-39(53)44(3,4)37(45)17-21-47(38,46)7)43(54)50-25-19-31-10-9-13-34(27-31)42-52-51-40(55-42)28-32-11-8-12-33(26-32)29-49/h8-13,26-27,35-39,41,53H,1,14-25,28H2,2-7H3,(H,50,54)/t35-,36?,37?,38?,39-,41?,45-,46+,47+,48-/m0/s1. The number of hydrogen-bond donors (Lipinski definition) is 2. The molecule has 8 rings (SSSR count). The van der Waals surface area contributed by atoms with Crippen LogP contribution in [0.25, 0.3) is 11.5 Å². The Bertz CT molecular complexity index is 2010. The van der Waals surface area contributed by atoms with Gasteiger partial charge in [0.1, 0.15) is 0 Å². The van der Waals surface area contributed by atoms with Crippen LogP contribution >= 0.6 is 0 Å². The van der Waals surface area contributed by atoms with Crippen molar-refractivity contribution in [1.82, 2.24) is 15.5 Å². The van der Waals surface area contributed by atoms with Crippen molar-refractivity contribution >= 4 is 5.91 Å². The maximum Gasteiger partial charge on any atom is 0.247 e. The number of hydrogen-bond acceptors (Lipinski definition) is 6. The van der Waals surface area contributed by atoms with E-state index in [1.165, 1.54) is 31.3 Å². The molecule has 0 saturated heterocycles. The monoisotopic (exact) mass is 742 g/mol. The number of aromatic nitrogens is 2. The summed E-state index contributed by atoms with van der Waals surface area (Å²) in [5, 5.41) is 32.5. The van der Waals surface area contributed by atoms with Gasteiger partial charge in [0.05, 0.1) is 29.6 Å². The highest BCUT2D eigenvalue weighted by Crippen LogP contribution is 2.77. The van der Waals surface area contributed by atoms with Crippen molar-refractivity contribution in [3.63, 3.8) is 0 Å². The molecule has 5 fully saturated rings. The Morgan fingerprint density at radius 2 is 1.69 bits per heavy atom. The molecular formula is C48H62N4O3. The predicted octanol–water partition coefficient (Wildman–Crippen LogP) is 9.88. The molecule has 5 aliphatic carbocycles. The Kier molecular flexibility index (Phi) is 9.51. The topological polar surface area (TPSA) is 112 Å². The van der Waals surface area contributed by atoms with Crippen molar-refractivity contribution in [3.05, 3.63) is 83.3 Å². The zero-order valence-corrected chi connectivity index (χ0v) is 34.1. The van der Waals surface area contributed by atoms with Crippen LogP contribution in [0.3, 0.4) is 0 Å². The first-order valence-corrected chi connectivity index (χ1v) is 21.2. The Morgan fingerprint density at radius 1 is 0.909 bits per heavy atom. The van der Waals surface area contributed by atoms with E-state index in [1.54, 1.807) is 6.07 Å². The lowest BCUT2D eigenvalue weighted by Crippen LogP contribution is -2.67. The summed E-state index contributed by atoms with van der Waals surface area (Å²) in [4.78, 5) is 14.7. The number of nitrogens with zero attached hydrogens (tertiary/aromatic N) is 3. The van der Waals surface area contributed by atoms with Gasteiger partial charge in [-0.3, -0.25) is 4.79 Å². The average Bonchev–Trinajstić information content (AvgIpc) is 3.80. The molecule has 0 spiro atoms. The van der Waals surface area contributed by atoms with Crippen molar-refractivity contribution in [2.45, 2.75) is 125 Å². The fourth-order valence-electron chi connectivity index (χ4n) is 14.2. The third-order valence-electron chi connectivity index (χ3n) is 17.2. The van der Waals surface area contributed by atoms with Crippen LogP contribution in [0, 0.1) is 68.0 Å². The van der Waals surface area contributed by atoms with Gasteiger partial charge < -0.3 is 14.8 Å². The van der Waals surface area contributed by atoms with Crippen molar-refractivity contribution in [2.75, 3.05) is 6.54 Å². The molecule has 7 heteroatoms. The molecular weight excluding hydrogens is 681 g/mol. The van der Waals surface area contributed by atoms with Crippen LogP contribution in [0.2, 0.25) is 0 Å². The number of aliphatic hydroxyl groups excluding tert-OH is 1. The molecule has 5 aliphatic rings. The molecule has 2 aromatic carbocycles. The van der Waals surface area contributed by atoms with E-state index in [2.05, 4.69) is 81.8 Å². The molecule has 292 valence electrons. The van der Waals surface area contributed by atoms with Gasteiger partial charge in [-0.2, -0.15) is 5.26 Å². The summed E-state index contributed by atoms with van der Waals surface area (Å²) < 4.78 is 6.04. The summed E-state index contributed by atoms with van der Waals surface area (Å²) >= 11 is 0. The van der Waals surface area contributed by atoms with E-state index in [-0.39, 0.29) is 39.1 Å². The Balaban J connectivity index is 0.974. The highest BCUT2D eigenvalue weighted by Gasteiger charge is 2.71. The van der Waals surface area contributed by atoms with Gasteiger partial charge in [-0.1, -0.05) is 71.0 Å². The second-order valence-corrected chi connectivity index (χ2v) is 19.9. The van der Waals surface area contributed by atoms with Gasteiger partial charge in [0, 0.05) is 12.1 Å². The molecule has 4 unspecified atom stereocenters. The smallest absolute Gasteiger partial charge is 0.247 e. The average molecular weight is 743 g/mol. The van der Waals surface area contributed by atoms with Gasteiger partial charge in [-0.05, 0) is 164 Å². The molecule has 55 heavy (non-hydrogen) atoms. The van der Waals surface area contributed by atoms with E-state index in [0.29, 0.717) is 59.9 Å². The molecule has 0 radical (unpaired) electrons. The summed E-state index contributed by atoms with van der Waals surface area (Å²) in [7, 11) is 0. The van der Waals surface area contributed by atoms with Gasteiger partial charge in [0.15, 0.2) is 0 Å². The lowest BCUT2D eigenvalue weighted by Gasteiger charge is -2.72. The van der Waals surface area contributed by atoms with E-state index in [4.69, 9.17) is 4.42 Å². The quantitative estimate of drug-likeness (QED) is 0.222. The number of benzene rings is 2. The number of rotatable bonds is 8. The lowest BCUT2D eigenvalue weighted by molar-refractivity contribution is -0.246. The minimum Gasteiger partial charge on any atom is -0.420 e. The number of nitriles is 1. The van der Waals surface area contributed by atoms with Crippen molar-refractivity contribution in [1.29, 1.82) is 5.26 Å². The summed E-state index contributed by atoms with van der Waals surface area (Å²) in [6, 6.07) is 17.8. The largest absolute Gasteiger partial charge is 0.420 e. The van der Waals surface area contributed by atoms with E-state index in [9.17, 15) is 15.2 Å². The summed E-state index contributed by atoms with van der Waals surface area (Å²) in [5.74, 6) is 3.65. The fraction of sp³-hybridized carbons (Fsp3) is 0.625. The first-order valence-electron chi connectivity index (χ1n) is 21.2. The molecule has 1 amide bonds. The van der Waals surface area contributed by atoms with Crippen LogP contribution in [0.4, 0.5) is 0 Å². The lowest BCUT2D eigenvalue weighted by atomic mass is 9.32. The van der Waals surface area contributed by atoms with Crippen LogP contribution < -0.4 is 5.32 Å². The van der Waals surface area contributed by atoms with E-state index >= 15 is 0 Å². The van der Waals surface area contributed by atoms with E-state index in [1.807, 2.05) is 30.3 Å². The number of nitrogens with one attached hydrogen (secondary N) is 1. The third kappa shape index (κ3) is 5.94. The second kappa shape index (κ2) is 13.7. The molecule has 10 atom stereocenters. The summed E-state index contributed by atoms with van der Waals surface area (Å²) in [6.07, 6.45) is 12.0. The molecule has 0 bridgehead atoms.